The lowest BCUT2D eigenvalue weighted by atomic mass is 10.3. The Balaban J connectivity index is 1.52. The van der Waals surface area contributed by atoms with Gasteiger partial charge in [0.05, 0.1) is 12.7 Å². The van der Waals surface area contributed by atoms with Crippen molar-refractivity contribution in [1.29, 1.82) is 0 Å². The van der Waals surface area contributed by atoms with Crippen molar-refractivity contribution in [1.82, 2.24) is 15.2 Å². The molecule has 2 aromatic rings. The largest absolute Gasteiger partial charge is 0.374 e. The van der Waals surface area contributed by atoms with Gasteiger partial charge in [0.15, 0.2) is 0 Å². The fourth-order valence-corrected chi connectivity index (χ4v) is 4.35. The summed E-state index contributed by atoms with van der Waals surface area (Å²) in [4.78, 5) is 20.8. The Labute approximate surface area is 144 Å². The third-order valence-electron chi connectivity index (χ3n) is 3.93. The third-order valence-corrected chi connectivity index (χ3v) is 5.87. The smallest absolute Gasteiger partial charge is 0.263 e. The minimum atomic E-state index is -0.101. The van der Waals surface area contributed by atoms with Crippen LogP contribution >= 0.6 is 22.7 Å². The van der Waals surface area contributed by atoms with Crippen molar-refractivity contribution in [2.24, 2.45) is 0 Å². The number of hydrogen-bond acceptors (Lipinski definition) is 6. The molecule has 1 fully saturated rings. The molecule has 0 saturated carbocycles. The molecule has 0 radical (unpaired) electrons. The van der Waals surface area contributed by atoms with Crippen LogP contribution in [0.1, 0.15) is 38.5 Å². The molecule has 5 nitrogen and oxygen atoms in total. The van der Waals surface area contributed by atoms with Gasteiger partial charge in [0, 0.05) is 18.5 Å². The van der Waals surface area contributed by atoms with Gasteiger partial charge in [-0.1, -0.05) is 6.07 Å². The number of hydrogen-bond donors (Lipinski definition) is 1. The number of thiophene rings is 1. The summed E-state index contributed by atoms with van der Waals surface area (Å²) < 4.78 is 5.45. The molecule has 1 amide bonds. The number of carbonyl (C=O) groups excluding carboxylic acids is 1. The van der Waals surface area contributed by atoms with Crippen LogP contribution < -0.4 is 5.32 Å². The number of nitrogens with one attached hydrogen (secondary N) is 1. The first kappa shape index (κ1) is 16.6. The van der Waals surface area contributed by atoms with Gasteiger partial charge in [0.1, 0.15) is 16.0 Å². The number of nitrogens with zero attached hydrogens (tertiary/aromatic N) is 2. The molecule has 1 atom stereocenters. The van der Waals surface area contributed by atoms with Gasteiger partial charge in [-0.3, -0.25) is 9.69 Å². The van der Waals surface area contributed by atoms with E-state index >= 15 is 0 Å². The van der Waals surface area contributed by atoms with Gasteiger partial charge in [-0.05, 0) is 37.4 Å². The quantitative estimate of drug-likeness (QED) is 0.833. The Hall–Kier alpha value is -1.28. The number of amides is 1. The molecule has 0 unspecified atom stereocenters. The van der Waals surface area contributed by atoms with Crippen molar-refractivity contribution in [3.63, 3.8) is 0 Å². The predicted octanol–water partition coefficient (Wildman–Crippen LogP) is 2.92. The molecule has 0 aromatic carbocycles. The molecule has 0 bridgehead atoms. The minimum absolute atomic E-state index is 0.0752. The van der Waals surface area contributed by atoms with Crippen molar-refractivity contribution in [2.45, 2.75) is 25.5 Å². The average Bonchev–Trinajstić information content (AvgIpc) is 3.30. The first-order chi connectivity index (χ1) is 11.3. The van der Waals surface area contributed by atoms with Gasteiger partial charge >= 0.3 is 0 Å². The minimum Gasteiger partial charge on any atom is -0.374 e. The van der Waals surface area contributed by atoms with Crippen LogP contribution in [-0.4, -0.2) is 42.5 Å². The highest BCUT2D eigenvalue weighted by Gasteiger charge is 2.17. The number of carbonyl (C=O) groups is 1. The molecule has 3 rings (SSSR count). The first-order valence-corrected chi connectivity index (χ1v) is 9.47. The Morgan fingerprint density at radius 1 is 1.48 bits per heavy atom. The van der Waals surface area contributed by atoms with Crippen LogP contribution in [0.5, 0.6) is 0 Å². The first-order valence-electron chi connectivity index (χ1n) is 7.77. The summed E-state index contributed by atoms with van der Waals surface area (Å²) in [6.45, 7) is 3.60. The summed E-state index contributed by atoms with van der Waals surface area (Å²) in [6.07, 6.45) is 4.11. The van der Waals surface area contributed by atoms with Crippen molar-refractivity contribution < 1.29 is 9.53 Å². The van der Waals surface area contributed by atoms with E-state index < -0.39 is 0 Å². The second kappa shape index (κ2) is 8.01. The number of rotatable bonds is 7. The zero-order valence-electron chi connectivity index (χ0n) is 13.2. The van der Waals surface area contributed by atoms with E-state index in [2.05, 4.69) is 15.2 Å². The SMILES string of the molecule is CO[C@H](CNC(=O)c1cnc(CN2CCCC2)s1)c1cccs1. The molecule has 3 heterocycles. The van der Waals surface area contributed by atoms with Crippen LogP contribution in [0.3, 0.4) is 0 Å². The van der Waals surface area contributed by atoms with Crippen molar-refractivity contribution in [2.75, 3.05) is 26.7 Å². The van der Waals surface area contributed by atoms with Crippen LogP contribution in [0, 0.1) is 0 Å². The van der Waals surface area contributed by atoms with Crippen LogP contribution in [0.4, 0.5) is 0 Å². The second-order valence-corrected chi connectivity index (χ2v) is 7.65. The van der Waals surface area contributed by atoms with E-state index in [0.29, 0.717) is 11.4 Å². The van der Waals surface area contributed by atoms with E-state index in [1.807, 2.05) is 17.5 Å². The van der Waals surface area contributed by atoms with Crippen molar-refractivity contribution in [3.05, 3.63) is 38.5 Å². The molecule has 7 heteroatoms. The summed E-state index contributed by atoms with van der Waals surface area (Å²) in [5.41, 5.74) is 0. The molecule has 1 N–H and O–H groups in total. The molecule has 1 aliphatic heterocycles. The molecular formula is C16H21N3O2S2. The van der Waals surface area contributed by atoms with Gasteiger partial charge in [-0.2, -0.15) is 0 Å². The van der Waals surface area contributed by atoms with Crippen molar-refractivity contribution in [3.8, 4) is 0 Å². The van der Waals surface area contributed by atoms with E-state index in [0.717, 1.165) is 29.5 Å². The van der Waals surface area contributed by atoms with Gasteiger partial charge in [0.25, 0.3) is 5.91 Å². The summed E-state index contributed by atoms with van der Waals surface area (Å²) in [5.74, 6) is -0.0752. The lowest BCUT2D eigenvalue weighted by molar-refractivity contribution is 0.0840. The fourth-order valence-electron chi connectivity index (χ4n) is 2.67. The van der Waals surface area contributed by atoms with Gasteiger partial charge in [-0.25, -0.2) is 4.98 Å². The van der Waals surface area contributed by atoms with Crippen LogP contribution in [0.2, 0.25) is 0 Å². The third kappa shape index (κ3) is 4.38. The number of thiazole rings is 1. The normalized spacial score (nSPS) is 16.6. The standard InChI is InChI=1S/C16H21N3O2S2/c1-21-12(13-5-4-8-22-13)9-18-16(20)14-10-17-15(23-14)11-19-6-2-3-7-19/h4-5,8,10,12H,2-3,6-7,9,11H2,1H3,(H,18,20)/t12-/m1/s1. The Kier molecular flexibility index (Phi) is 5.77. The highest BCUT2D eigenvalue weighted by atomic mass is 32.1. The number of likely N-dealkylation sites (tertiary alicyclic amines) is 1. The van der Waals surface area contributed by atoms with Crippen molar-refractivity contribution >= 4 is 28.6 Å². The predicted molar refractivity (Wildman–Crippen MR) is 93.0 cm³/mol. The average molecular weight is 351 g/mol. The van der Waals surface area contributed by atoms with E-state index in [4.69, 9.17) is 4.74 Å². The summed E-state index contributed by atoms with van der Waals surface area (Å²) in [6, 6.07) is 4.01. The van der Waals surface area contributed by atoms with Gasteiger partial charge < -0.3 is 10.1 Å². The molecule has 0 aliphatic carbocycles. The monoisotopic (exact) mass is 351 g/mol. The zero-order valence-corrected chi connectivity index (χ0v) is 14.8. The lowest BCUT2D eigenvalue weighted by Gasteiger charge is -2.14. The fraction of sp³-hybridized carbons (Fsp3) is 0.500. The van der Waals surface area contributed by atoms with Gasteiger partial charge in [-0.15, -0.1) is 22.7 Å². The van der Waals surface area contributed by atoms with Crippen LogP contribution in [0.15, 0.2) is 23.7 Å². The van der Waals surface area contributed by atoms with Gasteiger partial charge in [0.2, 0.25) is 0 Å². The molecule has 0 spiro atoms. The maximum Gasteiger partial charge on any atom is 0.263 e. The van der Waals surface area contributed by atoms with E-state index in [1.54, 1.807) is 24.6 Å². The Bertz CT molecular complexity index is 621. The lowest BCUT2D eigenvalue weighted by Crippen LogP contribution is -2.28. The number of aromatic nitrogens is 1. The summed E-state index contributed by atoms with van der Waals surface area (Å²) in [7, 11) is 1.66. The highest BCUT2D eigenvalue weighted by molar-refractivity contribution is 7.13. The molecule has 1 aliphatic rings. The van der Waals surface area contributed by atoms with E-state index in [9.17, 15) is 4.79 Å². The second-order valence-electron chi connectivity index (χ2n) is 5.55. The maximum absolute atomic E-state index is 12.3. The molecular weight excluding hydrogens is 330 g/mol. The molecule has 23 heavy (non-hydrogen) atoms. The van der Waals surface area contributed by atoms with Crippen LogP contribution in [0.25, 0.3) is 0 Å². The summed E-state index contributed by atoms with van der Waals surface area (Å²) in [5, 5.41) is 5.97. The van der Waals surface area contributed by atoms with Crippen LogP contribution in [-0.2, 0) is 11.3 Å². The van der Waals surface area contributed by atoms with E-state index in [-0.39, 0.29) is 12.0 Å². The molecule has 2 aromatic heterocycles. The zero-order chi connectivity index (χ0) is 16.1. The number of ether oxygens (including phenoxy) is 1. The molecule has 1 saturated heterocycles. The highest BCUT2D eigenvalue weighted by Crippen LogP contribution is 2.22. The Morgan fingerprint density at radius 2 is 2.30 bits per heavy atom. The number of methoxy groups -OCH3 is 1. The topological polar surface area (TPSA) is 54.5 Å². The molecule has 124 valence electrons. The Morgan fingerprint density at radius 3 is 3.00 bits per heavy atom. The van der Waals surface area contributed by atoms with E-state index in [1.165, 1.54) is 24.2 Å². The summed E-state index contributed by atoms with van der Waals surface area (Å²) >= 11 is 3.11. The maximum atomic E-state index is 12.3.